The lowest BCUT2D eigenvalue weighted by atomic mass is 10.0. The van der Waals surface area contributed by atoms with Crippen molar-refractivity contribution in [3.63, 3.8) is 0 Å². The molecule has 5 nitrogen and oxygen atoms in total. The Morgan fingerprint density at radius 2 is 2.00 bits per heavy atom. The molecule has 2 aromatic carbocycles. The number of carbonyl (C=O) groups excluding carboxylic acids is 1. The van der Waals surface area contributed by atoms with E-state index in [0.717, 1.165) is 22.3 Å². The van der Waals surface area contributed by atoms with Crippen molar-refractivity contribution < 1.29 is 14.1 Å². The number of nitrogens with zero attached hydrogens (tertiary/aromatic N) is 2. The van der Waals surface area contributed by atoms with Crippen molar-refractivity contribution in [3.05, 3.63) is 69.7 Å². The molecule has 0 bridgehead atoms. The summed E-state index contributed by atoms with van der Waals surface area (Å²) in [6.07, 6.45) is 1.21. The summed E-state index contributed by atoms with van der Waals surface area (Å²) in [6.45, 7) is 6.66. The van der Waals surface area contributed by atoms with Crippen molar-refractivity contribution in [3.8, 4) is 0 Å². The second-order valence-corrected chi connectivity index (χ2v) is 10.00. The van der Waals surface area contributed by atoms with Crippen LogP contribution in [0.15, 0.2) is 46.9 Å². The van der Waals surface area contributed by atoms with Gasteiger partial charge in [0.1, 0.15) is 22.7 Å². The van der Waals surface area contributed by atoms with E-state index in [-0.39, 0.29) is 12.7 Å². The average Bonchev–Trinajstić information content (AvgIpc) is 3.08. The molecule has 0 aromatic heterocycles. The standard InChI is InChI=1S/C21H23ClN2O3S/c1-21(2,3)28(26)23-11-16-9-18(22)10-17-12-24(13-19(16)17)20(25)27-14-15-7-5-4-6-8-15/h4-11H,12-14H2,1-3H3/b23-11+/t28-/m0/s1. The molecule has 0 radical (unpaired) electrons. The molecule has 3 rings (SSSR count). The molecule has 0 aliphatic carbocycles. The van der Waals surface area contributed by atoms with Crippen LogP contribution >= 0.6 is 11.6 Å². The third-order valence-electron chi connectivity index (χ3n) is 4.33. The van der Waals surface area contributed by atoms with E-state index >= 15 is 0 Å². The lowest BCUT2D eigenvalue weighted by Crippen LogP contribution is -2.26. The van der Waals surface area contributed by atoms with Gasteiger partial charge in [-0.1, -0.05) is 46.3 Å². The van der Waals surface area contributed by atoms with Crippen LogP contribution < -0.4 is 0 Å². The largest absolute Gasteiger partial charge is 0.591 e. The maximum Gasteiger partial charge on any atom is 0.410 e. The molecular weight excluding hydrogens is 396 g/mol. The quantitative estimate of drug-likeness (QED) is 0.525. The molecule has 0 unspecified atom stereocenters. The normalized spacial score (nSPS) is 15.0. The molecule has 28 heavy (non-hydrogen) atoms. The molecule has 1 aliphatic rings. The van der Waals surface area contributed by atoms with Crippen LogP contribution in [0, 0.1) is 0 Å². The van der Waals surface area contributed by atoms with Gasteiger partial charge in [-0.05, 0) is 49.6 Å². The van der Waals surface area contributed by atoms with Gasteiger partial charge in [0.2, 0.25) is 0 Å². The van der Waals surface area contributed by atoms with Gasteiger partial charge in [-0.25, -0.2) is 4.79 Å². The number of ether oxygens (including phenoxy) is 1. The first-order valence-electron chi connectivity index (χ1n) is 8.97. The smallest absolute Gasteiger partial charge is 0.410 e. The molecule has 1 atom stereocenters. The van der Waals surface area contributed by atoms with Gasteiger partial charge in [0.25, 0.3) is 0 Å². The van der Waals surface area contributed by atoms with E-state index in [4.69, 9.17) is 16.3 Å². The van der Waals surface area contributed by atoms with Crippen molar-refractivity contribution in [2.75, 3.05) is 0 Å². The van der Waals surface area contributed by atoms with Crippen molar-refractivity contribution in [2.24, 2.45) is 4.40 Å². The predicted molar refractivity (Wildman–Crippen MR) is 113 cm³/mol. The van der Waals surface area contributed by atoms with E-state index in [0.29, 0.717) is 18.1 Å². The molecule has 2 aromatic rings. The summed E-state index contributed by atoms with van der Waals surface area (Å²) in [5.41, 5.74) is 3.62. The molecule has 0 N–H and O–H groups in total. The van der Waals surface area contributed by atoms with Crippen LogP contribution in [0.4, 0.5) is 4.79 Å². The van der Waals surface area contributed by atoms with Crippen LogP contribution in [-0.2, 0) is 35.8 Å². The molecule has 0 saturated heterocycles. The summed E-state index contributed by atoms with van der Waals surface area (Å²) >= 11 is 4.87. The van der Waals surface area contributed by atoms with E-state index in [1.54, 1.807) is 17.2 Å². The number of rotatable bonds is 4. The zero-order chi connectivity index (χ0) is 20.3. The number of fused-ring (bicyclic) bond motifs is 1. The maximum absolute atomic E-state index is 12.5. The Morgan fingerprint density at radius 3 is 2.68 bits per heavy atom. The van der Waals surface area contributed by atoms with Crippen LogP contribution in [0.25, 0.3) is 0 Å². The molecule has 0 saturated carbocycles. The zero-order valence-electron chi connectivity index (χ0n) is 16.1. The number of hydrogen-bond donors (Lipinski definition) is 0. The van der Waals surface area contributed by atoms with Gasteiger partial charge in [-0.3, -0.25) is 4.90 Å². The highest BCUT2D eigenvalue weighted by Gasteiger charge is 2.28. The Bertz CT molecular complexity index is 881. The highest BCUT2D eigenvalue weighted by molar-refractivity contribution is 7.91. The van der Waals surface area contributed by atoms with Crippen LogP contribution in [0.5, 0.6) is 0 Å². The molecule has 148 valence electrons. The first-order chi connectivity index (χ1) is 13.2. The van der Waals surface area contributed by atoms with Gasteiger partial charge in [0.05, 0.1) is 12.8 Å². The molecule has 0 spiro atoms. The predicted octanol–water partition coefficient (Wildman–Crippen LogP) is 4.87. The van der Waals surface area contributed by atoms with Crippen molar-refractivity contribution in [2.45, 2.75) is 45.2 Å². The Balaban J connectivity index is 1.71. The Labute approximate surface area is 173 Å². The van der Waals surface area contributed by atoms with Gasteiger partial charge >= 0.3 is 6.09 Å². The van der Waals surface area contributed by atoms with Crippen molar-refractivity contribution in [1.29, 1.82) is 0 Å². The van der Waals surface area contributed by atoms with E-state index in [1.165, 1.54) is 0 Å². The van der Waals surface area contributed by atoms with Gasteiger partial charge < -0.3 is 9.29 Å². The highest BCUT2D eigenvalue weighted by Crippen LogP contribution is 2.30. The van der Waals surface area contributed by atoms with E-state index < -0.39 is 16.1 Å². The molecule has 1 aliphatic heterocycles. The summed E-state index contributed by atoms with van der Waals surface area (Å²) in [4.78, 5) is 14.1. The van der Waals surface area contributed by atoms with Gasteiger partial charge in [-0.2, -0.15) is 0 Å². The topological polar surface area (TPSA) is 65.0 Å². The molecule has 1 heterocycles. The molecule has 0 fully saturated rings. The Morgan fingerprint density at radius 1 is 1.29 bits per heavy atom. The van der Waals surface area contributed by atoms with Gasteiger partial charge in [0, 0.05) is 17.1 Å². The fraction of sp³-hybridized carbons (Fsp3) is 0.333. The third-order valence-corrected chi connectivity index (χ3v) is 5.89. The molecule has 1 amide bonds. The van der Waals surface area contributed by atoms with Crippen LogP contribution in [-0.4, -0.2) is 26.5 Å². The van der Waals surface area contributed by atoms with E-state index in [9.17, 15) is 9.35 Å². The number of hydrogen-bond acceptors (Lipinski definition) is 4. The highest BCUT2D eigenvalue weighted by atomic mass is 35.5. The fourth-order valence-corrected chi connectivity index (χ4v) is 3.60. The Hall–Kier alpha value is -2.02. The third kappa shape index (κ3) is 5.07. The average molecular weight is 419 g/mol. The summed E-state index contributed by atoms with van der Waals surface area (Å²) in [5.74, 6) is 0. The van der Waals surface area contributed by atoms with Crippen molar-refractivity contribution in [1.82, 2.24) is 4.90 Å². The number of benzene rings is 2. The Kier molecular flexibility index (Phi) is 6.33. The lowest BCUT2D eigenvalue weighted by molar-refractivity contribution is 0.0955. The second kappa shape index (κ2) is 8.55. The van der Waals surface area contributed by atoms with E-state index in [2.05, 4.69) is 4.40 Å². The first-order valence-corrected chi connectivity index (χ1v) is 10.5. The number of halogens is 1. The van der Waals surface area contributed by atoms with Crippen LogP contribution in [0.1, 0.15) is 43.0 Å². The lowest BCUT2D eigenvalue weighted by Gasteiger charge is -2.18. The zero-order valence-corrected chi connectivity index (χ0v) is 17.7. The molecule has 7 heteroatoms. The SMILES string of the molecule is CC(C)(C)[S@+]([O-])/N=C/c1cc(Cl)cc2c1CN(C(=O)OCc1ccccc1)C2. The maximum atomic E-state index is 12.5. The molecular formula is C21H23ClN2O3S. The fourth-order valence-electron chi connectivity index (χ4n) is 2.82. The monoisotopic (exact) mass is 418 g/mol. The summed E-state index contributed by atoms with van der Waals surface area (Å²) in [5, 5.41) is 0.557. The van der Waals surface area contributed by atoms with Crippen LogP contribution in [0.3, 0.4) is 0 Å². The summed E-state index contributed by atoms with van der Waals surface area (Å²) in [6, 6.07) is 13.2. The first kappa shape index (κ1) is 20.7. The second-order valence-electron chi connectivity index (χ2n) is 7.62. The summed E-state index contributed by atoms with van der Waals surface area (Å²) in [7, 11) is 0. The van der Waals surface area contributed by atoms with Crippen molar-refractivity contribution >= 4 is 35.3 Å². The minimum atomic E-state index is -1.36. The minimum absolute atomic E-state index is 0.228. The number of carbonyl (C=O) groups is 1. The van der Waals surface area contributed by atoms with E-state index in [1.807, 2.05) is 57.2 Å². The van der Waals surface area contributed by atoms with Gasteiger partial charge in [-0.15, -0.1) is 0 Å². The number of amides is 1. The van der Waals surface area contributed by atoms with Gasteiger partial charge in [0.15, 0.2) is 0 Å². The summed E-state index contributed by atoms with van der Waals surface area (Å²) < 4.78 is 21.4. The van der Waals surface area contributed by atoms with Crippen LogP contribution in [0.2, 0.25) is 5.02 Å². The minimum Gasteiger partial charge on any atom is -0.591 e.